The van der Waals surface area contributed by atoms with Crippen LogP contribution in [0.25, 0.3) is 5.70 Å². The predicted molar refractivity (Wildman–Crippen MR) is 103 cm³/mol. The molecule has 120 valence electrons. The number of aromatic nitrogens is 3. The molecule has 2 aromatic carbocycles. The summed E-state index contributed by atoms with van der Waals surface area (Å²) >= 11 is 6.98. The van der Waals surface area contributed by atoms with Crippen LogP contribution in [0, 0.1) is 0 Å². The Hall–Kier alpha value is -1.92. The molecule has 0 aliphatic carbocycles. The lowest BCUT2D eigenvalue weighted by atomic mass is 9.89. The van der Waals surface area contributed by atoms with E-state index in [2.05, 4.69) is 96.7 Å². The molecule has 4 rings (SSSR count). The maximum Gasteiger partial charge on any atom is 0.226 e. The van der Waals surface area contributed by atoms with Gasteiger partial charge in [0.15, 0.2) is 0 Å². The quantitative estimate of drug-likeness (QED) is 0.601. The van der Waals surface area contributed by atoms with Gasteiger partial charge in [0.05, 0.1) is 11.2 Å². The average Bonchev–Trinajstić information content (AvgIpc) is 3.03. The van der Waals surface area contributed by atoms with Crippen molar-refractivity contribution in [3.05, 3.63) is 81.0 Å². The third-order valence-corrected chi connectivity index (χ3v) is 5.21. The first-order chi connectivity index (χ1) is 11.5. The third kappa shape index (κ3) is 2.70. The predicted octanol–water partition coefficient (Wildman–Crippen LogP) is 5.03. The van der Waals surface area contributed by atoms with E-state index >= 15 is 0 Å². The summed E-state index contributed by atoms with van der Waals surface area (Å²) in [6.45, 7) is 2.15. The molecule has 1 aliphatic heterocycles. The van der Waals surface area contributed by atoms with E-state index in [4.69, 9.17) is 0 Å². The molecule has 0 radical (unpaired) electrons. The van der Waals surface area contributed by atoms with Crippen LogP contribution in [0.1, 0.15) is 18.1 Å². The monoisotopic (exact) mass is 444 g/mol. The fourth-order valence-electron chi connectivity index (χ4n) is 2.88. The summed E-state index contributed by atoms with van der Waals surface area (Å²) in [6, 6.07) is 16.5. The molecule has 0 amide bonds. The lowest BCUT2D eigenvalue weighted by Crippen LogP contribution is -2.35. The number of hydrogen-bond acceptors (Lipinski definition) is 3. The van der Waals surface area contributed by atoms with E-state index in [9.17, 15) is 0 Å². The number of halogens is 2. The molecular weight excluding hydrogens is 432 g/mol. The molecule has 0 bridgehead atoms. The Morgan fingerprint density at radius 2 is 1.58 bits per heavy atom. The SMILES string of the molecule is CC1(c2ccc(Br)cc2)C=C(c2ccc(Br)cc2)n2ncnc2N1. The summed E-state index contributed by atoms with van der Waals surface area (Å²) in [5, 5.41) is 7.85. The van der Waals surface area contributed by atoms with Gasteiger partial charge in [0.25, 0.3) is 0 Å². The zero-order valence-corrected chi connectivity index (χ0v) is 16.0. The maximum absolute atomic E-state index is 4.37. The Morgan fingerprint density at radius 3 is 2.25 bits per heavy atom. The second kappa shape index (κ2) is 5.86. The highest BCUT2D eigenvalue weighted by Gasteiger charge is 2.32. The average molecular weight is 446 g/mol. The standard InChI is InChI=1S/C18H14Br2N4/c1-18(13-4-8-15(20)9-5-13)10-16(12-2-6-14(19)7-3-12)24-17(23-18)21-11-22-24/h2-11H,1H3,(H,21,22,23). The van der Waals surface area contributed by atoms with Crippen LogP contribution in [0.5, 0.6) is 0 Å². The number of fused-ring (bicyclic) bond motifs is 1. The Labute approximate surface area is 156 Å². The Kier molecular flexibility index (Phi) is 3.81. The fourth-order valence-corrected chi connectivity index (χ4v) is 3.41. The number of nitrogens with zero attached hydrogens (tertiary/aromatic N) is 3. The second-order valence-corrected chi connectivity index (χ2v) is 7.70. The molecular formula is C18H14Br2N4. The van der Waals surface area contributed by atoms with Gasteiger partial charge in [-0.25, -0.2) is 0 Å². The Bertz CT molecular complexity index is 913. The highest BCUT2D eigenvalue weighted by molar-refractivity contribution is 9.10. The topological polar surface area (TPSA) is 42.7 Å². The van der Waals surface area contributed by atoms with Crippen LogP contribution in [0.4, 0.5) is 5.95 Å². The van der Waals surface area contributed by atoms with Crippen molar-refractivity contribution in [1.29, 1.82) is 0 Å². The zero-order chi connectivity index (χ0) is 16.7. The summed E-state index contributed by atoms with van der Waals surface area (Å²) in [6.07, 6.45) is 3.77. The van der Waals surface area contributed by atoms with Crippen LogP contribution in [0.15, 0.2) is 69.9 Å². The molecule has 0 saturated heterocycles. The molecule has 0 fully saturated rings. The van der Waals surface area contributed by atoms with Crippen molar-refractivity contribution in [2.45, 2.75) is 12.5 Å². The van der Waals surface area contributed by atoms with Gasteiger partial charge in [-0.1, -0.05) is 56.1 Å². The van der Waals surface area contributed by atoms with Gasteiger partial charge in [0.1, 0.15) is 6.33 Å². The highest BCUT2D eigenvalue weighted by Crippen LogP contribution is 2.36. The lowest BCUT2D eigenvalue weighted by Gasteiger charge is -2.33. The first-order valence-corrected chi connectivity index (χ1v) is 9.07. The van der Waals surface area contributed by atoms with E-state index in [-0.39, 0.29) is 5.54 Å². The lowest BCUT2D eigenvalue weighted by molar-refractivity contribution is 0.650. The van der Waals surface area contributed by atoms with Gasteiger partial charge in [-0.3, -0.25) is 0 Å². The second-order valence-electron chi connectivity index (χ2n) is 5.87. The maximum atomic E-state index is 4.37. The van der Waals surface area contributed by atoms with Crippen LogP contribution < -0.4 is 5.32 Å². The van der Waals surface area contributed by atoms with Crippen molar-refractivity contribution in [1.82, 2.24) is 14.8 Å². The molecule has 1 aromatic heterocycles. The van der Waals surface area contributed by atoms with Gasteiger partial charge in [0, 0.05) is 14.5 Å². The van der Waals surface area contributed by atoms with Gasteiger partial charge in [-0.05, 0) is 42.8 Å². The number of hydrogen-bond donors (Lipinski definition) is 1. The van der Waals surface area contributed by atoms with Crippen LogP contribution in [0.2, 0.25) is 0 Å². The van der Waals surface area contributed by atoms with Crippen molar-refractivity contribution in [3.8, 4) is 0 Å². The van der Waals surface area contributed by atoms with E-state index in [1.165, 1.54) is 0 Å². The first kappa shape index (κ1) is 15.6. The summed E-state index contributed by atoms with van der Waals surface area (Å²) < 4.78 is 3.95. The van der Waals surface area contributed by atoms with Gasteiger partial charge in [-0.15, -0.1) is 0 Å². The van der Waals surface area contributed by atoms with Crippen molar-refractivity contribution < 1.29 is 0 Å². The molecule has 3 aromatic rings. The summed E-state index contributed by atoms with van der Waals surface area (Å²) in [5.74, 6) is 0.737. The molecule has 0 spiro atoms. The molecule has 2 heterocycles. The molecule has 1 unspecified atom stereocenters. The first-order valence-electron chi connectivity index (χ1n) is 7.49. The van der Waals surface area contributed by atoms with Crippen molar-refractivity contribution in [3.63, 3.8) is 0 Å². The molecule has 4 nitrogen and oxygen atoms in total. The van der Waals surface area contributed by atoms with Crippen molar-refractivity contribution in [2.75, 3.05) is 5.32 Å². The Morgan fingerprint density at radius 1 is 0.958 bits per heavy atom. The van der Waals surface area contributed by atoms with Crippen LogP contribution in [-0.2, 0) is 5.54 Å². The van der Waals surface area contributed by atoms with E-state index in [1.54, 1.807) is 6.33 Å². The van der Waals surface area contributed by atoms with Gasteiger partial charge in [-0.2, -0.15) is 14.8 Å². The largest absolute Gasteiger partial charge is 0.341 e. The zero-order valence-electron chi connectivity index (χ0n) is 12.9. The summed E-state index contributed by atoms with van der Waals surface area (Å²) in [7, 11) is 0. The van der Waals surface area contributed by atoms with Crippen molar-refractivity contribution in [2.24, 2.45) is 0 Å². The molecule has 1 N–H and O–H groups in total. The molecule has 24 heavy (non-hydrogen) atoms. The minimum atomic E-state index is -0.369. The van der Waals surface area contributed by atoms with E-state index in [1.807, 2.05) is 16.8 Å². The van der Waals surface area contributed by atoms with Crippen LogP contribution in [-0.4, -0.2) is 14.8 Å². The van der Waals surface area contributed by atoms with E-state index in [0.29, 0.717) is 0 Å². The Balaban J connectivity index is 1.87. The minimum absolute atomic E-state index is 0.369. The van der Waals surface area contributed by atoms with Gasteiger partial charge < -0.3 is 5.32 Å². The summed E-state index contributed by atoms with van der Waals surface area (Å²) in [5.41, 5.74) is 2.90. The number of anilines is 1. The number of benzene rings is 2. The fraction of sp³-hybridized carbons (Fsp3) is 0.111. The number of rotatable bonds is 2. The molecule has 0 saturated carbocycles. The molecule has 6 heteroatoms. The normalized spacial score (nSPS) is 19.4. The van der Waals surface area contributed by atoms with E-state index in [0.717, 1.165) is 31.7 Å². The van der Waals surface area contributed by atoms with Gasteiger partial charge in [0.2, 0.25) is 5.95 Å². The minimum Gasteiger partial charge on any atom is -0.341 e. The van der Waals surface area contributed by atoms with Crippen LogP contribution >= 0.6 is 31.9 Å². The van der Waals surface area contributed by atoms with Crippen molar-refractivity contribution >= 4 is 43.5 Å². The third-order valence-electron chi connectivity index (χ3n) is 4.16. The van der Waals surface area contributed by atoms with Gasteiger partial charge >= 0.3 is 0 Å². The molecule has 1 atom stereocenters. The highest BCUT2D eigenvalue weighted by atomic mass is 79.9. The molecule has 1 aliphatic rings. The van der Waals surface area contributed by atoms with E-state index < -0.39 is 0 Å². The summed E-state index contributed by atoms with van der Waals surface area (Å²) in [4.78, 5) is 4.37. The van der Waals surface area contributed by atoms with Crippen LogP contribution in [0.3, 0.4) is 0 Å². The number of nitrogens with one attached hydrogen (secondary N) is 1. The smallest absolute Gasteiger partial charge is 0.226 e.